The minimum Gasteiger partial charge on any atom is -0.374 e. The normalized spacial score (nSPS) is 9.53. The van der Waals surface area contributed by atoms with Gasteiger partial charge in [0.25, 0.3) is 0 Å². The number of anilines is 1. The van der Waals surface area contributed by atoms with Gasteiger partial charge >= 0.3 is 0 Å². The molecule has 0 aliphatic carbocycles. The summed E-state index contributed by atoms with van der Waals surface area (Å²) in [4.78, 5) is 0. The fraction of sp³-hybridized carbons (Fsp3) is 0.200. The lowest BCUT2D eigenvalue weighted by Gasteiger charge is -2.17. The molecule has 15 heavy (non-hydrogen) atoms. The van der Waals surface area contributed by atoms with Crippen molar-refractivity contribution >= 4 is 28.7 Å². The van der Waals surface area contributed by atoms with E-state index in [1.54, 1.807) is 12.1 Å². The van der Waals surface area contributed by atoms with Crippen molar-refractivity contribution in [2.24, 2.45) is 10.8 Å². The molecule has 80 valence electrons. The van der Waals surface area contributed by atoms with Crippen LogP contribution >= 0.6 is 12.2 Å². The lowest BCUT2D eigenvalue weighted by Crippen LogP contribution is -2.31. The van der Waals surface area contributed by atoms with E-state index in [2.05, 4.69) is 5.10 Å². The standard InChI is InChI=1S/C10H12FN3S/c1-7(2)13-14(10(12)15)9-5-3-8(11)4-6-9/h3-6H,1-2H3,(H2,12,15). The zero-order valence-corrected chi connectivity index (χ0v) is 9.38. The van der Waals surface area contributed by atoms with Crippen molar-refractivity contribution in [2.45, 2.75) is 13.8 Å². The maximum Gasteiger partial charge on any atom is 0.191 e. The van der Waals surface area contributed by atoms with Crippen LogP contribution in [0.2, 0.25) is 0 Å². The average molecular weight is 225 g/mol. The van der Waals surface area contributed by atoms with Crippen molar-refractivity contribution in [1.29, 1.82) is 0 Å². The van der Waals surface area contributed by atoms with Crippen LogP contribution in [0.3, 0.4) is 0 Å². The number of halogens is 1. The number of nitrogens with zero attached hydrogens (tertiary/aromatic N) is 2. The Kier molecular flexibility index (Phi) is 3.74. The van der Waals surface area contributed by atoms with Gasteiger partial charge in [0, 0.05) is 5.71 Å². The van der Waals surface area contributed by atoms with Crippen LogP contribution in [-0.4, -0.2) is 10.8 Å². The SMILES string of the molecule is CC(C)=NN(C(N)=S)c1ccc(F)cc1. The number of hydrogen-bond acceptors (Lipinski definition) is 2. The van der Waals surface area contributed by atoms with Crippen molar-refractivity contribution in [1.82, 2.24) is 0 Å². The Balaban J connectivity index is 3.05. The zero-order chi connectivity index (χ0) is 11.4. The summed E-state index contributed by atoms with van der Waals surface area (Å²) in [6.07, 6.45) is 0. The monoisotopic (exact) mass is 225 g/mol. The number of nitrogens with two attached hydrogens (primary N) is 1. The van der Waals surface area contributed by atoms with E-state index in [4.69, 9.17) is 18.0 Å². The van der Waals surface area contributed by atoms with Crippen molar-refractivity contribution in [3.63, 3.8) is 0 Å². The Bertz CT molecular complexity index is 382. The van der Waals surface area contributed by atoms with E-state index in [-0.39, 0.29) is 10.9 Å². The lowest BCUT2D eigenvalue weighted by atomic mass is 10.3. The first-order valence-corrected chi connectivity index (χ1v) is 4.78. The molecule has 0 saturated carbocycles. The third-order valence-electron chi connectivity index (χ3n) is 1.58. The molecular weight excluding hydrogens is 213 g/mol. The number of rotatable bonds is 2. The van der Waals surface area contributed by atoms with Gasteiger partial charge < -0.3 is 5.73 Å². The summed E-state index contributed by atoms with van der Waals surface area (Å²) in [5.41, 5.74) is 6.97. The summed E-state index contributed by atoms with van der Waals surface area (Å²) < 4.78 is 12.7. The van der Waals surface area contributed by atoms with Gasteiger partial charge in [0.1, 0.15) is 5.82 Å². The highest BCUT2D eigenvalue weighted by molar-refractivity contribution is 7.80. The van der Waals surface area contributed by atoms with Crippen LogP contribution < -0.4 is 10.7 Å². The lowest BCUT2D eigenvalue weighted by molar-refractivity contribution is 0.628. The number of hydrazone groups is 1. The molecule has 1 aromatic rings. The predicted octanol–water partition coefficient (Wildman–Crippen LogP) is 2.27. The van der Waals surface area contributed by atoms with Crippen LogP contribution in [0.5, 0.6) is 0 Å². The molecule has 0 bridgehead atoms. The maximum atomic E-state index is 12.7. The van der Waals surface area contributed by atoms with Gasteiger partial charge in [0.05, 0.1) is 5.69 Å². The highest BCUT2D eigenvalue weighted by Gasteiger charge is 2.07. The summed E-state index contributed by atoms with van der Waals surface area (Å²) in [5.74, 6) is -0.307. The van der Waals surface area contributed by atoms with Crippen molar-refractivity contribution in [2.75, 3.05) is 5.01 Å². The van der Waals surface area contributed by atoms with E-state index in [1.807, 2.05) is 13.8 Å². The molecule has 0 spiro atoms. The fourth-order valence-electron chi connectivity index (χ4n) is 1.02. The van der Waals surface area contributed by atoms with Gasteiger partial charge in [-0.05, 0) is 50.3 Å². The van der Waals surface area contributed by atoms with Crippen molar-refractivity contribution in [3.8, 4) is 0 Å². The minimum atomic E-state index is -0.307. The molecule has 2 N–H and O–H groups in total. The third-order valence-corrected chi connectivity index (χ3v) is 1.75. The molecule has 0 amide bonds. The van der Waals surface area contributed by atoms with Crippen molar-refractivity contribution < 1.29 is 4.39 Å². The maximum absolute atomic E-state index is 12.7. The second-order valence-corrected chi connectivity index (χ2v) is 3.59. The molecular formula is C10H12FN3S. The average Bonchev–Trinajstić information content (AvgIpc) is 2.15. The molecule has 0 heterocycles. The second kappa shape index (κ2) is 4.84. The van der Waals surface area contributed by atoms with E-state index in [1.165, 1.54) is 17.1 Å². The van der Waals surface area contributed by atoms with Gasteiger partial charge in [0.15, 0.2) is 5.11 Å². The van der Waals surface area contributed by atoms with Crippen LogP contribution in [0, 0.1) is 5.82 Å². The largest absolute Gasteiger partial charge is 0.374 e. The van der Waals surface area contributed by atoms with Gasteiger partial charge in [-0.1, -0.05) is 0 Å². The summed E-state index contributed by atoms with van der Waals surface area (Å²) in [7, 11) is 0. The Morgan fingerprint density at radius 1 is 1.33 bits per heavy atom. The second-order valence-electron chi connectivity index (χ2n) is 3.17. The van der Waals surface area contributed by atoms with Crippen molar-refractivity contribution in [3.05, 3.63) is 30.1 Å². The van der Waals surface area contributed by atoms with Gasteiger partial charge in [-0.2, -0.15) is 5.10 Å². The van der Waals surface area contributed by atoms with Crippen LogP contribution in [0.15, 0.2) is 29.4 Å². The quantitative estimate of drug-likeness (QED) is 0.477. The number of hydrogen-bond donors (Lipinski definition) is 1. The first-order valence-electron chi connectivity index (χ1n) is 4.37. The molecule has 3 nitrogen and oxygen atoms in total. The summed E-state index contributed by atoms with van der Waals surface area (Å²) >= 11 is 4.85. The van der Waals surface area contributed by atoms with Crippen LogP contribution in [0.4, 0.5) is 10.1 Å². The minimum absolute atomic E-state index is 0.128. The topological polar surface area (TPSA) is 41.6 Å². The summed E-state index contributed by atoms with van der Waals surface area (Å²) in [5, 5.41) is 5.66. The molecule has 1 aromatic carbocycles. The Labute approximate surface area is 93.4 Å². The summed E-state index contributed by atoms with van der Waals surface area (Å²) in [6, 6.07) is 5.81. The van der Waals surface area contributed by atoms with Gasteiger partial charge in [-0.3, -0.25) is 0 Å². The third kappa shape index (κ3) is 3.28. The number of thiocarbonyl (C=S) groups is 1. The van der Waals surface area contributed by atoms with Gasteiger partial charge in [0.2, 0.25) is 0 Å². The molecule has 0 atom stereocenters. The van der Waals surface area contributed by atoms with Crippen LogP contribution in [0.25, 0.3) is 0 Å². The molecule has 0 radical (unpaired) electrons. The van der Waals surface area contributed by atoms with Gasteiger partial charge in [-0.25, -0.2) is 9.40 Å². The highest BCUT2D eigenvalue weighted by Crippen LogP contribution is 2.15. The molecule has 1 rings (SSSR count). The van der Waals surface area contributed by atoms with E-state index < -0.39 is 0 Å². The molecule has 0 aromatic heterocycles. The summed E-state index contributed by atoms with van der Waals surface area (Å²) in [6.45, 7) is 3.66. The first-order chi connectivity index (χ1) is 7.00. The number of benzene rings is 1. The zero-order valence-electron chi connectivity index (χ0n) is 8.57. The molecule has 5 heteroatoms. The molecule has 0 saturated heterocycles. The molecule has 0 aliphatic rings. The molecule has 0 fully saturated rings. The molecule has 0 unspecified atom stereocenters. The Morgan fingerprint density at radius 3 is 2.27 bits per heavy atom. The van der Waals surface area contributed by atoms with E-state index in [0.29, 0.717) is 5.69 Å². The van der Waals surface area contributed by atoms with E-state index >= 15 is 0 Å². The first kappa shape index (κ1) is 11.6. The highest BCUT2D eigenvalue weighted by atomic mass is 32.1. The molecule has 0 aliphatic heterocycles. The predicted molar refractivity (Wildman–Crippen MR) is 64.4 cm³/mol. The Morgan fingerprint density at radius 2 is 1.87 bits per heavy atom. The van der Waals surface area contributed by atoms with E-state index in [9.17, 15) is 4.39 Å². The van der Waals surface area contributed by atoms with Crippen LogP contribution in [0.1, 0.15) is 13.8 Å². The smallest absolute Gasteiger partial charge is 0.191 e. The Hall–Kier alpha value is -1.49. The van der Waals surface area contributed by atoms with E-state index in [0.717, 1.165) is 5.71 Å². The van der Waals surface area contributed by atoms with Crippen LogP contribution in [-0.2, 0) is 0 Å². The van der Waals surface area contributed by atoms with Gasteiger partial charge in [-0.15, -0.1) is 0 Å². The fourth-order valence-corrected chi connectivity index (χ4v) is 1.16.